The second kappa shape index (κ2) is 6.15. The molecule has 0 aliphatic heterocycles. The summed E-state index contributed by atoms with van der Waals surface area (Å²) in [5, 5.41) is 11.9. The number of carboxylic acids is 1. The lowest BCUT2D eigenvalue weighted by molar-refractivity contribution is 0.0695. The minimum Gasteiger partial charge on any atom is -0.478 e. The smallest absolute Gasteiger partial charge is 0.339 e. The summed E-state index contributed by atoms with van der Waals surface area (Å²) in [6, 6.07) is 0. The van der Waals surface area contributed by atoms with E-state index < -0.39 is 5.97 Å². The zero-order chi connectivity index (χ0) is 12.8. The van der Waals surface area contributed by atoms with Crippen molar-refractivity contribution in [2.75, 3.05) is 25.6 Å². The number of anilines is 1. The second-order valence-corrected chi connectivity index (χ2v) is 3.94. The molecule has 0 aliphatic carbocycles. The number of hydrogen-bond acceptors (Lipinski definition) is 5. The highest BCUT2D eigenvalue weighted by atomic mass is 16.5. The average Bonchev–Trinajstić information content (AvgIpc) is 2.26. The van der Waals surface area contributed by atoms with Gasteiger partial charge in [0.25, 0.3) is 0 Å². The van der Waals surface area contributed by atoms with E-state index in [-0.39, 0.29) is 5.56 Å². The Kier molecular flexibility index (Phi) is 4.84. The number of carboxylic acid groups (broad SMARTS) is 1. The van der Waals surface area contributed by atoms with Gasteiger partial charge in [0.2, 0.25) is 5.95 Å². The fourth-order valence-electron chi connectivity index (χ4n) is 1.37. The lowest BCUT2D eigenvalue weighted by atomic mass is 10.2. The summed E-state index contributed by atoms with van der Waals surface area (Å²) in [5.41, 5.74) is 0.579. The van der Waals surface area contributed by atoms with Gasteiger partial charge in [-0.25, -0.2) is 14.8 Å². The molecule has 0 aromatic carbocycles. The normalized spacial score (nSPS) is 12.2. The molecule has 1 aromatic rings. The van der Waals surface area contributed by atoms with Gasteiger partial charge in [0, 0.05) is 19.9 Å². The van der Waals surface area contributed by atoms with Crippen LogP contribution in [0.25, 0.3) is 0 Å². The zero-order valence-electron chi connectivity index (χ0n) is 10.2. The maximum Gasteiger partial charge on any atom is 0.339 e. The van der Waals surface area contributed by atoms with Crippen LogP contribution in [0.2, 0.25) is 0 Å². The third kappa shape index (κ3) is 3.99. The third-order valence-corrected chi connectivity index (χ3v) is 2.27. The molecule has 1 heterocycles. The maximum atomic E-state index is 10.8. The van der Waals surface area contributed by atoms with E-state index in [0.717, 1.165) is 0 Å². The number of aromatic carboxylic acids is 1. The first-order valence-corrected chi connectivity index (χ1v) is 5.34. The van der Waals surface area contributed by atoms with Crippen molar-refractivity contribution in [3.05, 3.63) is 17.5 Å². The van der Waals surface area contributed by atoms with Crippen LogP contribution >= 0.6 is 0 Å². The Labute approximate surface area is 100 Å². The molecule has 0 spiro atoms. The van der Waals surface area contributed by atoms with E-state index in [1.54, 1.807) is 14.0 Å². The third-order valence-electron chi connectivity index (χ3n) is 2.27. The molecule has 0 aliphatic rings. The summed E-state index contributed by atoms with van der Waals surface area (Å²) in [6.07, 6.45) is 1.31. The minimum atomic E-state index is -1.01. The Bertz CT molecular complexity index is 396. The predicted octanol–water partition coefficient (Wildman–Crippen LogP) is 1.18. The fourth-order valence-corrected chi connectivity index (χ4v) is 1.37. The van der Waals surface area contributed by atoms with E-state index >= 15 is 0 Å². The Balaban J connectivity index is 2.62. The van der Waals surface area contributed by atoms with Crippen LogP contribution in [0.1, 0.15) is 23.0 Å². The van der Waals surface area contributed by atoms with Crippen LogP contribution in [0.15, 0.2) is 6.20 Å². The molecule has 0 amide bonds. The molecule has 0 radical (unpaired) electrons. The monoisotopic (exact) mass is 239 g/mol. The van der Waals surface area contributed by atoms with E-state index in [4.69, 9.17) is 9.84 Å². The van der Waals surface area contributed by atoms with Crippen LogP contribution in [0, 0.1) is 12.8 Å². The number of aryl methyl sites for hydroxylation is 1. The van der Waals surface area contributed by atoms with Gasteiger partial charge in [-0.1, -0.05) is 6.92 Å². The number of rotatable bonds is 6. The first kappa shape index (κ1) is 13.4. The molecule has 6 heteroatoms. The molecule has 0 fully saturated rings. The highest BCUT2D eigenvalue weighted by Crippen LogP contribution is 2.07. The van der Waals surface area contributed by atoms with Crippen molar-refractivity contribution in [3.63, 3.8) is 0 Å². The minimum absolute atomic E-state index is 0.125. The number of aromatic nitrogens is 2. The van der Waals surface area contributed by atoms with E-state index in [1.165, 1.54) is 6.20 Å². The summed E-state index contributed by atoms with van der Waals surface area (Å²) >= 11 is 0. The van der Waals surface area contributed by atoms with Crippen molar-refractivity contribution in [2.45, 2.75) is 13.8 Å². The molecule has 1 rings (SSSR count). The molecule has 0 saturated carbocycles. The first-order valence-electron chi connectivity index (χ1n) is 5.34. The Morgan fingerprint density at radius 1 is 1.65 bits per heavy atom. The van der Waals surface area contributed by atoms with Crippen molar-refractivity contribution >= 4 is 11.9 Å². The van der Waals surface area contributed by atoms with Gasteiger partial charge in [-0.05, 0) is 12.8 Å². The van der Waals surface area contributed by atoms with Gasteiger partial charge in [-0.2, -0.15) is 0 Å². The zero-order valence-corrected chi connectivity index (χ0v) is 10.2. The lowest BCUT2D eigenvalue weighted by Crippen LogP contribution is -2.17. The second-order valence-electron chi connectivity index (χ2n) is 3.94. The molecule has 1 unspecified atom stereocenters. The van der Waals surface area contributed by atoms with E-state index in [9.17, 15) is 4.79 Å². The van der Waals surface area contributed by atoms with E-state index in [0.29, 0.717) is 30.7 Å². The van der Waals surface area contributed by atoms with Crippen LogP contribution in [0.4, 0.5) is 5.95 Å². The van der Waals surface area contributed by atoms with Gasteiger partial charge in [-0.3, -0.25) is 0 Å². The summed E-state index contributed by atoms with van der Waals surface area (Å²) in [6.45, 7) is 5.02. The molecule has 6 nitrogen and oxygen atoms in total. The van der Waals surface area contributed by atoms with Crippen molar-refractivity contribution < 1.29 is 14.6 Å². The number of carbonyl (C=O) groups is 1. The molecular weight excluding hydrogens is 222 g/mol. The summed E-state index contributed by atoms with van der Waals surface area (Å²) in [4.78, 5) is 18.8. The highest BCUT2D eigenvalue weighted by Gasteiger charge is 2.10. The molecule has 2 N–H and O–H groups in total. The van der Waals surface area contributed by atoms with Gasteiger partial charge in [0.05, 0.1) is 17.9 Å². The molecule has 94 valence electrons. The SMILES string of the molecule is COCC(C)CNc1ncc(C(=O)O)c(C)n1. The van der Waals surface area contributed by atoms with Crippen LogP contribution in [0.3, 0.4) is 0 Å². The van der Waals surface area contributed by atoms with Crippen LogP contribution < -0.4 is 5.32 Å². The molecule has 0 saturated heterocycles. The summed E-state index contributed by atoms with van der Waals surface area (Å²) < 4.78 is 5.01. The first-order chi connectivity index (χ1) is 8.04. The Hall–Kier alpha value is -1.69. The van der Waals surface area contributed by atoms with Gasteiger partial charge >= 0.3 is 5.97 Å². The van der Waals surface area contributed by atoms with E-state index in [2.05, 4.69) is 15.3 Å². The van der Waals surface area contributed by atoms with Gasteiger partial charge in [0.15, 0.2) is 0 Å². The summed E-state index contributed by atoms with van der Waals surface area (Å²) in [7, 11) is 1.65. The molecular formula is C11H17N3O3. The quantitative estimate of drug-likeness (QED) is 0.775. The largest absolute Gasteiger partial charge is 0.478 e. The Morgan fingerprint density at radius 2 is 2.35 bits per heavy atom. The topological polar surface area (TPSA) is 84.3 Å². The molecule has 17 heavy (non-hydrogen) atoms. The maximum absolute atomic E-state index is 10.8. The number of nitrogens with one attached hydrogen (secondary N) is 1. The van der Waals surface area contributed by atoms with Gasteiger partial charge < -0.3 is 15.2 Å². The molecule has 1 aromatic heterocycles. The number of ether oxygens (including phenoxy) is 1. The van der Waals surface area contributed by atoms with Gasteiger partial charge in [0.1, 0.15) is 0 Å². The average molecular weight is 239 g/mol. The number of methoxy groups -OCH3 is 1. The van der Waals surface area contributed by atoms with Crippen LogP contribution in [-0.4, -0.2) is 41.3 Å². The van der Waals surface area contributed by atoms with Crippen molar-refractivity contribution in [2.24, 2.45) is 5.92 Å². The van der Waals surface area contributed by atoms with Crippen LogP contribution in [-0.2, 0) is 4.74 Å². The van der Waals surface area contributed by atoms with Crippen molar-refractivity contribution in [3.8, 4) is 0 Å². The Morgan fingerprint density at radius 3 is 2.88 bits per heavy atom. The van der Waals surface area contributed by atoms with E-state index in [1.807, 2.05) is 6.92 Å². The standard InChI is InChI=1S/C11H17N3O3/c1-7(6-17-3)4-12-11-13-5-9(10(15)16)8(2)14-11/h5,7H,4,6H2,1-3H3,(H,15,16)(H,12,13,14). The number of nitrogens with zero attached hydrogens (tertiary/aromatic N) is 2. The predicted molar refractivity (Wildman–Crippen MR) is 63.3 cm³/mol. The van der Waals surface area contributed by atoms with Crippen molar-refractivity contribution in [1.82, 2.24) is 9.97 Å². The summed E-state index contributed by atoms with van der Waals surface area (Å²) in [5.74, 6) is -0.236. The molecule has 0 bridgehead atoms. The highest BCUT2D eigenvalue weighted by molar-refractivity contribution is 5.88. The van der Waals surface area contributed by atoms with Crippen molar-refractivity contribution in [1.29, 1.82) is 0 Å². The van der Waals surface area contributed by atoms with Crippen LogP contribution in [0.5, 0.6) is 0 Å². The fraction of sp³-hybridized carbons (Fsp3) is 0.545. The number of hydrogen-bond donors (Lipinski definition) is 2. The molecule has 1 atom stereocenters. The van der Waals surface area contributed by atoms with Gasteiger partial charge in [-0.15, -0.1) is 0 Å². The lowest BCUT2D eigenvalue weighted by Gasteiger charge is -2.11.